The van der Waals surface area contributed by atoms with Crippen LogP contribution < -0.4 is 5.46 Å². The minimum atomic E-state index is -0.994. The van der Waals surface area contributed by atoms with Gasteiger partial charge in [-0.15, -0.1) is 0 Å². The van der Waals surface area contributed by atoms with Crippen molar-refractivity contribution in [3.8, 4) is 5.75 Å². The van der Waals surface area contributed by atoms with Crippen LogP contribution in [-0.4, -0.2) is 34.4 Å². The smallest absolute Gasteiger partial charge is 0.508 e. The maximum Gasteiger partial charge on any atom is 0.636 e. The highest BCUT2D eigenvalue weighted by Crippen LogP contribution is 2.11. The molecule has 0 aliphatic carbocycles. The first-order valence-corrected chi connectivity index (χ1v) is 5.20. The van der Waals surface area contributed by atoms with Gasteiger partial charge in [-0.3, -0.25) is 0 Å². The topological polar surface area (TPSA) is 82.4 Å². The van der Waals surface area contributed by atoms with Crippen LogP contribution in [0, 0.1) is 0 Å². The fourth-order valence-corrected chi connectivity index (χ4v) is 1.46. The van der Waals surface area contributed by atoms with Crippen molar-refractivity contribution in [3.63, 3.8) is 0 Å². The summed E-state index contributed by atoms with van der Waals surface area (Å²) in [4.78, 5) is 1.39. The van der Waals surface area contributed by atoms with Crippen molar-refractivity contribution in [1.29, 1.82) is 0 Å². The number of hydrogen-bond acceptors (Lipinski definition) is 6. The molecule has 0 saturated heterocycles. The molecule has 0 saturated carbocycles. The molecule has 6 nitrogen and oxygen atoms in total. The molecule has 0 aromatic heterocycles. The summed E-state index contributed by atoms with van der Waals surface area (Å²) in [6, 6.07) is 6.03. The first-order valence-electron chi connectivity index (χ1n) is 5.20. The van der Waals surface area contributed by atoms with Crippen LogP contribution in [0.25, 0.3) is 0 Å². The summed E-state index contributed by atoms with van der Waals surface area (Å²) in [7, 11) is 0.604. The minimum absolute atomic E-state index is 0.101. The molecule has 1 heterocycles. The maximum atomic E-state index is 9.51. The second-order valence-electron chi connectivity index (χ2n) is 3.76. The van der Waals surface area contributed by atoms with E-state index in [9.17, 15) is 15.3 Å². The predicted octanol–water partition coefficient (Wildman–Crippen LogP) is 0.780. The molecule has 7 heteroatoms. The van der Waals surface area contributed by atoms with Gasteiger partial charge in [0.1, 0.15) is 5.75 Å². The predicted molar refractivity (Wildman–Crippen MR) is 64.9 cm³/mol. The Bertz CT molecular complexity index is 463. The molecule has 3 N–H and O–H groups in total. The van der Waals surface area contributed by atoms with E-state index in [4.69, 9.17) is 9.31 Å². The quantitative estimate of drug-likeness (QED) is 0.638. The van der Waals surface area contributed by atoms with Gasteiger partial charge in [0, 0.05) is 12.5 Å². The molecule has 1 aliphatic rings. The summed E-state index contributed by atoms with van der Waals surface area (Å²) < 4.78 is 10.3. The van der Waals surface area contributed by atoms with Crippen molar-refractivity contribution in [1.82, 2.24) is 4.90 Å². The number of nitrogens with zero attached hydrogens (tertiary/aromatic N) is 1. The molecule has 0 atom stereocenters. The van der Waals surface area contributed by atoms with Crippen molar-refractivity contribution in [2.75, 3.05) is 7.05 Å². The normalized spacial score (nSPS) is 18.7. The highest BCUT2D eigenvalue weighted by Gasteiger charge is 2.29. The number of hydrogen-bond donors (Lipinski definition) is 3. The van der Waals surface area contributed by atoms with E-state index in [-0.39, 0.29) is 17.6 Å². The van der Waals surface area contributed by atoms with Gasteiger partial charge in [-0.25, -0.2) is 0 Å². The van der Waals surface area contributed by atoms with Crippen LogP contribution in [0.5, 0.6) is 5.75 Å². The van der Waals surface area contributed by atoms with E-state index in [1.165, 1.54) is 29.4 Å². The van der Waals surface area contributed by atoms with Crippen LogP contribution in [0.3, 0.4) is 0 Å². The molecule has 0 radical (unpaired) electrons. The SMILES string of the molecule is CN1C=C(O)OB(c2ccc(O)cc2)O/C(O)=C\1. The molecule has 1 aliphatic heterocycles. The standard InChI is InChI=1S/C11H12BNO5/c1-13-6-10(15)17-12(18-11(16)7-13)8-2-4-9(14)5-3-8/h2-7,14-16H,1H3/b10-6-,11-7?. The Morgan fingerprint density at radius 1 is 0.944 bits per heavy atom. The third kappa shape index (κ3) is 2.82. The zero-order chi connectivity index (χ0) is 13.1. The van der Waals surface area contributed by atoms with E-state index in [1.54, 1.807) is 19.2 Å². The molecule has 18 heavy (non-hydrogen) atoms. The van der Waals surface area contributed by atoms with Crippen molar-refractivity contribution >= 4 is 12.6 Å². The Balaban J connectivity index is 2.26. The lowest BCUT2D eigenvalue weighted by Gasteiger charge is -2.20. The lowest BCUT2D eigenvalue weighted by atomic mass is 9.79. The summed E-state index contributed by atoms with van der Waals surface area (Å²) in [5.74, 6) is -0.595. The Hall–Kier alpha value is -2.44. The Morgan fingerprint density at radius 3 is 1.94 bits per heavy atom. The van der Waals surface area contributed by atoms with Gasteiger partial charge in [-0.1, -0.05) is 12.1 Å². The zero-order valence-electron chi connectivity index (χ0n) is 9.65. The molecular formula is C11H12BNO5. The average molecular weight is 249 g/mol. The van der Waals surface area contributed by atoms with Crippen molar-refractivity contribution in [2.24, 2.45) is 0 Å². The molecule has 0 bridgehead atoms. The molecule has 0 unspecified atom stereocenters. The lowest BCUT2D eigenvalue weighted by molar-refractivity contribution is 0.124. The summed E-state index contributed by atoms with van der Waals surface area (Å²) in [5, 5.41) is 28.2. The van der Waals surface area contributed by atoms with Gasteiger partial charge in [-0.05, 0) is 12.1 Å². The van der Waals surface area contributed by atoms with Gasteiger partial charge in [-0.2, -0.15) is 0 Å². The largest absolute Gasteiger partial charge is 0.636 e. The molecule has 0 amide bonds. The van der Waals surface area contributed by atoms with Crippen LogP contribution in [0.2, 0.25) is 0 Å². The molecule has 2 rings (SSSR count). The Labute approximate surface area is 104 Å². The van der Waals surface area contributed by atoms with Crippen LogP contribution in [0.1, 0.15) is 0 Å². The summed E-state index contributed by atoms with van der Waals surface area (Å²) in [6.07, 6.45) is 2.57. The number of aliphatic hydroxyl groups is 2. The Kier molecular flexibility index (Phi) is 3.23. The van der Waals surface area contributed by atoms with E-state index < -0.39 is 7.12 Å². The molecule has 0 spiro atoms. The highest BCUT2D eigenvalue weighted by molar-refractivity contribution is 6.61. The van der Waals surface area contributed by atoms with Crippen molar-refractivity contribution < 1.29 is 24.6 Å². The summed E-state index contributed by atoms with van der Waals surface area (Å²) in [5.41, 5.74) is 0.539. The number of phenols is 1. The van der Waals surface area contributed by atoms with Gasteiger partial charge in [0.05, 0.1) is 12.4 Å². The fraction of sp³-hybridized carbons (Fsp3) is 0.0909. The van der Waals surface area contributed by atoms with Crippen LogP contribution in [0.4, 0.5) is 0 Å². The molecular weight excluding hydrogens is 237 g/mol. The monoisotopic (exact) mass is 249 g/mol. The molecule has 94 valence electrons. The zero-order valence-corrected chi connectivity index (χ0v) is 9.65. The Morgan fingerprint density at radius 2 is 1.44 bits per heavy atom. The summed E-state index contributed by atoms with van der Waals surface area (Å²) in [6.45, 7) is 0. The van der Waals surface area contributed by atoms with E-state index in [0.717, 1.165) is 0 Å². The summed E-state index contributed by atoms with van der Waals surface area (Å²) >= 11 is 0. The van der Waals surface area contributed by atoms with Crippen LogP contribution in [0.15, 0.2) is 48.6 Å². The molecule has 0 fully saturated rings. The van der Waals surface area contributed by atoms with Gasteiger partial charge >= 0.3 is 7.12 Å². The maximum absolute atomic E-state index is 9.51. The van der Waals surface area contributed by atoms with Gasteiger partial charge in [0.15, 0.2) is 0 Å². The van der Waals surface area contributed by atoms with E-state index in [2.05, 4.69) is 0 Å². The minimum Gasteiger partial charge on any atom is -0.508 e. The number of phenolic OH excluding ortho intramolecular Hbond substituents is 1. The highest BCUT2D eigenvalue weighted by atomic mass is 16.7. The van der Waals surface area contributed by atoms with Crippen LogP contribution in [-0.2, 0) is 9.31 Å². The lowest BCUT2D eigenvalue weighted by Crippen LogP contribution is -2.37. The second kappa shape index (κ2) is 4.83. The first-order chi connectivity index (χ1) is 8.54. The van der Waals surface area contributed by atoms with Crippen molar-refractivity contribution in [2.45, 2.75) is 0 Å². The molecule has 1 aromatic rings. The van der Waals surface area contributed by atoms with Crippen molar-refractivity contribution in [3.05, 3.63) is 48.6 Å². The first kappa shape index (κ1) is 12.0. The second-order valence-corrected chi connectivity index (χ2v) is 3.76. The number of aliphatic hydroxyl groups excluding tert-OH is 2. The van der Waals surface area contributed by atoms with E-state index >= 15 is 0 Å². The van der Waals surface area contributed by atoms with Gasteiger partial charge in [0.25, 0.3) is 11.9 Å². The van der Waals surface area contributed by atoms with Gasteiger partial charge in [0.2, 0.25) is 0 Å². The van der Waals surface area contributed by atoms with E-state index in [0.29, 0.717) is 5.46 Å². The third-order valence-electron chi connectivity index (χ3n) is 2.25. The van der Waals surface area contributed by atoms with Gasteiger partial charge < -0.3 is 29.5 Å². The number of rotatable bonds is 1. The number of benzene rings is 1. The van der Waals surface area contributed by atoms with Crippen LogP contribution >= 0.6 is 0 Å². The van der Waals surface area contributed by atoms with E-state index in [1.807, 2.05) is 0 Å². The fourth-order valence-electron chi connectivity index (χ4n) is 1.46. The average Bonchev–Trinajstić information content (AvgIpc) is 2.26. The molecule has 1 aromatic carbocycles. The number of aromatic hydroxyl groups is 1. The third-order valence-corrected chi connectivity index (χ3v) is 2.25.